The highest BCUT2D eigenvalue weighted by atomic mass is 32.1. The Kier molecular flexibility index (Phi) is 4.59. The van der Waals surface area contributed by atoms with E-state index >= 15 is 0 Å². The van der Waals surface area contributed by atoms with Crippen LogP contribution in [0.25, 0.3) is 21.6 Å². The maximum atomic E-state index is 6.02. The van der Waals surface area contributed by atoms with Gasteiger partial charge in [-0.1, -0.05) is 23.5 Å². The van der Waals surface area contributed by atoms with Crippen molar-refractivity contribution >= 4 is 16.5 Å². The number of H-pyrrole nitrogens is 1. The van der Waals surface area contributed by atoms with Crippen molar-refractivity contribution in [2.45, 2.75) is 51.8 Å². The smallest absolute Gasteiger partial charge is 0.234 e. The third-order valence-electron chi connectivity index (χ3n) is 5.53. The maximum absolute atomic E-state index is 6.02. The predicted octanol–water partition coefficient (Wildman–Crippen LogP) is 4.45. The van der Waals surface area contributed by atoms with Gasteiger partial charge in [0.05, 0.1) is 6.20 Å². The normalized spacial score (nSPS) is 17.0. The van der Waals surface area contributed by atoms with E-state index in [2.05, 4.69) is 59.4 Å². The van der Waals surface area contributed by atoms with E-state index < -0.39 is 0 Å². The molecular weight excluding hydrogens is 382 g/mol. The summed E-state index contributed by atoms with van der Waals surface area (Å²) in [5.41, 5.74) is 4.86. The molecule has 6 nitrogen and oxygen atoms in total. The van der Waals surface area contributed by atoms with Crippen LogP contribution < -0.4 is 15.0 Å². The van der Waals surface area contributed by atoms with E-state index in [1.165, 1.54) is 11.1 Å². The molecule has 2 aliphatic rings. The molecular formula is C22H27N5OS. The SMILES string of the molecule is CC(C)(C)NC1CCN(c2nc3c(s2)-c2ccc(-c4cn[nH]c4)cc2CO3)CC1. The largest absolute Gasteiger partial charge is 0.472 e. The second-order valence-electron chi connectivity index (χ2n) is 8.93. The first-order valence-corrected chi connectivity index (χ1v) is 11.1. The topological polar surface area (TPSA) is 66.1 Å². The van der Waals surface area contributed by atoms with Gasteiger partial charge in [-0.3, -0.25) is 5.10 Å². The molecule has 2 N–H and O–H groups in total. The van der Waals surface area contributed by atoms with Gasteiger partial charge >= 0.3 is 0 Å². The summed E-state index contributed by atoms with van der Waals surface area (Å²) in [5.74, 6) is 0.781. The molecule has 4 heterocycles. The average Bonchev–Trinajstić information content (AvgIpc) is 3.37. The first-order chi connectivity index (χ1) is 14.0. The van der Waals surface area contributed by atoms with Gasteiger partial charge in [0.2, 0.25) is 5.88 Å². The third-order valence-corrected chi connectivity index (χ3v) is 6.66. The van der Waals surface area contributed by atoms with Crippen LogP contribution in [0.3, 0.4) is 0 Å². The number of benzene rings is 1. The molecule has 29 heavy (non-hydrogen) atoms. The molecule has 0 radical (unpaired) electrons. The zero-order valence-electron chi connectivity index (χ0n) is 17.2. The number of aromatic amines is 1. The number of thiazole rings is 1. The van der Waals surface area contributed by atoms with Crippen molar-refractivity contribution in [2.75, 3.05) is 18.0 Å². The van der Waals surface area contributed by atoms with Crippen molar-refractivity contribution in [1.29, 1.82) is 0 Å². The van der Waals surface area contributed by atoms with Crippen LogP contribution in [-0.2, 0) is 6.61 Å². The Morgan fingerprint density at radius 3 is 2.76 bits per heavy atom. The van der Waals surface area contributed by atoms with Crippen molar-refractivity contribution in [3.8, 4) is 27.4 Å². The molecule has 7 heteroatoms. The van der Waals surface area contributed by atoms with Gasteiger partial charge in [0, 0.05) is 42.0 Å². The van der Waals surface area contributed by atoms with E-state index in [0.717, 1.165) is 52.9 Å². The van der Waals surface area contributed by atoms with Crippen molar-refractivity contribution in [3.63, 3.8) is 0 Å². The van der Waals surface area contributed by atoms with Crippen LogP contribution >= 0.6 is 11.3 Å². The number of hydrogen-bond donors (Lipinski definition) is 2. The van der Waals surface area contributed by atoms with Crippen molar-refractivity contribution in [3.05, 3.63) is 36.2 Å². The number of rotatable bonds is 3. The molecule has 0 unspecified atom stereocenters. The molecule has 2 aliphatic heterocycles. The summed E-state index contributed by atoms with van der Waals surface area (Å²) in [6.45, 7) is 9.34. The van der Waals surface area contributed by atoms with E-state index in [9.17, 15) is 0 Å². The van der Waals surface area contributed by atoms with Crippen LogP contribution in [0.2, 0.25) is 0 Å². The quantitative estimate of drug-likeness (QED) is 0.669. The Morgan fingerprint density at radius 1 is 1.21 bits per heavy atom. The molecule has 0 atom stereocenters. The Morgan fingerprint density at radius 2 is 2.03 bits per heavy atom. The van der Waals surface area contributed by atoms with Gasteiger partial charge in [-0.15, -0.1) is 0 Å². The summed E-state index contributed by atoms with van der Waals surface area (Å²) in [6.07, 6.45) is 6.06. The zero-order chi connectivity index (χ0) is 20.0. The minimum Gasteiger partial charge on any atom is -0.472 e. The second-order valence-corrected chi connectivity index (χ2v) is 9.91. The summed E-state index contributed by atoms with van der Waals surface area (Å²) in [7, 11) is 0. The minimum absolute atomic E-state index is 0.167. The lowest BCUT2D eigenvalue weighted by atomic mass is 9.99. The number of hydrogen-bond acceptors (Lipinski definition) is 6. The molecule has 1 saturated heterocycles. The molecule has 1 fully saturated rings. The van der Waals surface area contributed by atoms with E-state index in [-0.39, 0.29) is 5.54 Å². The molecule has 0 bridgehead atoms. The van der Waals surface area contributed by atoms with Crippen molar-refractivity contribution in [1.82, 2.24) is 20.5 Å². The summed E-state index contributed by atoms with van der Waals surface area (Å²) >= 11 is 1.75. The van der Waals surface area contributed by atoms with Crippen LogP contribution in [0.1, 0.15) is 39.2 Å². The van der Waals surface area contributed by atoms with Gasteiger partial charge in [-0.05, 0) is 50.8 Å². The van der Waals surface area contributed by atoms with E-state index in [0.29, 0.717) is 12.6 Å². The highest BCUT2D eigenvalue weighted by Crippen LogP contribution is 2.45. The Hall–Kier alpha value is -2.38. The molecule has 5 rings (SSSR count). The number of fused-ring (bicyclic) bond motifs is 3. The number of aromatic nitrogens is 3. The Balaban J connectivity index is 1.35. The predicted molar refractivity (Wildman–Crippen MR) is 118 cm³/mol. The monoisotopic (exact) mass is 409 g/mol. The molecule has 0 amide bonds. The lowest BCUT2D eigenvalue weighted by molar-refractivity contribution is 0.291. The average molecular weight is 410 g/mol. The highest BCUT2D eigenvalue weighted by molar-refractivity contribution is 7.19. The number of ether oxygens (including phenoxy) is 1. The fourth-order valence-corrected chi connectivity index (χ4v) is 5.32. The van der Waals surface area contributed by atoms with Crippen LogP contribution in [0.4, 0.5) is 5.13 Å². The third kappa shape index (κ3) is 3.76. The standard InChI is InChI=1S/C22H27N5OS/c1-22(2,3)26-17-6-8-27(9-7-17)21-25-20-19(29-21)18-5-4-14(10-15(18)13-28-20)16-11-23-24-12-16/h4-5,10-12,17,26H,6-9,13H2,1-3H3,(H,23,24). The van der Waals surface area contributed by atoms with Crippen LogP contribution in [0.15, 0.2) is 30.6 Å². The Labute approximate surface area is 175 Å². The van der Waals surface area contributed by atoms with Gasteiger partial charge in [0.15, 0.2) is 5.13 Å². The summed E-state index contributed by atoms with van der Waals surface area (Å²) in [5, 5.41) is 11.7. The van der Waals surface area contributed by atoms with Crippen molar-refractivity contribution < 1.29 is 4.74 Å². The fourth-order valence-electron chi connectivity index (χ4n) is 4.20. The molecule has 0 saturated carbocycles. The molecule has 2 aromatic heterocycles. The summed E-state index contributed by atoms with van der Waals surface area (Å²) < 4.78 is 6.02. The molecule has 0 aliphatic carbocycles. The van der Waals surface area contributed by atoms with E-state index in [4.69, 9.17) is 9.72 Å². The lowest BCUT2D eigenvalue weighted by Crippen LogP contribution is -2.49. The van der Waals surface area contributed by atoms with Crippen LogP contribution in [0.5, 0.6) is 5.88 Å². The van der Waals surface area contributed by atoms with Gasteiger partial charge in [-0.25, -0.2) is 0 Å². The number of anilines is 1. The number of piperidine rings is 1. The van der Waals surface area contributed by atoms with E-state index in [1.807, 2.05) is 12.4 Å². The van der Waals surface area contributed by atoms with Gasteiger partial charge < -0.3 is 15.0 Å². The molecule has 3 aromatic rings. The van der Waals surface area contributed by atoms with Gasteiger partial charge in [0.1, 0.15) is 11.5 Å². The van der Waals surface area contributed by atoms with Gasteiger partial charge in [0.25, 0.3) is 0 Å². The lowest BCUT2D eigenvalue weighted by Gasteiger charge is -2.36. The zero-order valence-corrected chi connectivity index (χ0v) is 18.0. The molecule has 1 aromatic carbocycles. The van der Waals surface area contributed by atoms with Crippen LogP contribution in [0, 0.1) is 0 Å². The number of nitrogens with zero attached hydrogens (tertiary/aromatic N) is 3. The minimum atomic E-state index is 0.167. The summed E-state index contributed by atoms with van der Waals surface area (Å²) in [6, 6.07) is 7.13. The fraction of sp³-hybridized carbons (Fsp3) is 0.455. The molecule has 152 valence electrons. The van der Waals surface area contributed by atoms with Gasteiger partial charge in [-0.2, -0.15) is 10.1 Å². The van der Waals surface area contributed by atoms with E-state index in [1.54, 1.807) is 11.3 Å². The molecule has 0 spiro atoms. The first kappa shape index (κ1) is 18.6. The second kappa shape index (κ2) is 7.15. The van der Waals surface area contributed by atoms with Crippen molar-refractivity contribution in [2.24, 2.45) is 0 Å². The number of nitrogens with one attached hydrogen (secondary N) is 2. The highest BCUT2D eigenvalue weighted by Gasteiger charge is 2.28. The van der Waals surface area contributed by atoms with Crippen LogP contribution in [-0.4, -0.2) is 39.9 Å². The maximum Gasteiger partial charge on any atom is 0.234 e. The summed E-state index contributed by atoms with van der Waals surface area (Å²) in [4.78, 5) is 8.39. The Bertz CT molecular complexity index is 997. The first-order valence-electron chi connectivity index (χ1n) is 10.2.